The number of carbonyl (C=O) groups excluding carboxylic acids is 1. The number of ketones is 1. The molecule has 0 aromatic heterocycles. The highest BCUT2D eigenvalue weighted by Crippen LogP contribution is 2.37. The second-order valence-corrected chi connectivity index (χ2v) is 7.01. The maximum absolute atomic E-state index is 12.4. The quantitative estimate of drug-likeness (QED) is 0.713. The van der Waals surface area contributed by atoms with E-state index in [-0.39, 0.29) is 11.9 Å². The van der Waals surface area contributed by atoms with E-state index in [1.54, 1.807) is 38.3 Å². The molecule has 1 aliphatic heterocycles. The predicted octanol–water partition coefficient (Wildman–Crippen LogP) is 3.28. The van der Waals surface area contributed by atoms with Crippen LogP contribution in [0, 0.1) is 0 Å². The SMILES string of the molecule is COc1ccc2c(c1OC(C)COc1ccc(C(N)=S)cc1)COC(C)C2=O. The van der Waals surface area contributed by atoms with Crippen molar-refractivity contribution in [2.75, 3.05) is 13.7 Å². The molecule has 2 aromatic carbocycles. The van der Waals surface area contributed by atoms with Gasteiger partial charge in [0.25, 0.3) is 0 Å². The monoisotopic (exact) mass is 401 g/mol. The second-order valence-electron chi connectivity index (χ2n) is 6.57. The van der Waals surface area contributed by atoms with Gasteiger partial charge >= 0.3 is 0 Å². The van der Waals surface area contributed by atoms with E-state index in [0.717, 1.165) is 5.56 Å². The summed E-state index contributed by atoms with van der Waals surface area (Å²) in [6.07, 6.45) is -0.746. The summed E-state index contributed by atoms with van der Waals surface area (Å²) in [5.74, 6) is 1.69. The first kappa shape index (κ1) is 20.1. The Balaban J connectivity index is 1.72. The molecular formula is C21H23NO5S. The summed E-state index contributed by atoms with van der Waals surface area (Å²) in [7, 11) is 1.56. The third-order valence-corrected chi connectivity index (χ3v) is 4.73. The number of Topliss-reactive ketones (excluding diaryl/α,β-unsaturated/α-hetero) is 1. The van der Waals surface area contributed by atoms with E-state index < -0.39 is 6.10 Å². The van der Waals surface area contributed by atoms with Crippen LogP contribution < -0.4 is 19.9 Å². The topological polar surface area (TPSA) is 80.0 Å². The number of benzene rings is 2. The molecule has 7 heteroatoms. The molecule has 0 amide bonds. The van der Waals surface area contributed by atoms with Gasteiger partial charge in [0.05, 0.1) is 13.7 Å². The number of rotatable bonds is 7. The van der Waals surface area contributed by atoms with Crippen molar-refractivity contribution < 1.29 is 23.7 Å². The normalized spacial score (nSPS) is 16.8. The van der Waals surface area contributed by atoms with Gasteiger partial charge in [-0.25, -0.2) is 0 Å². The van der Waals surface area contributed by atoms with Crippen molar-refractivity contribution in [1.29, 1.82) is 0 Å². The van der Waals surface area contributed by atoms with Gasteiger partial charge in [-0.05, 0) is 50.2 Å². The zero-order valence-electron chi connectivity index (χ0n) is 16.1. The van der Waals surface area contributed by atoms with Crippen LogP contribution in [-0.4, -0.2) is 36.7 Å². The van der Waals surface area contributed by atoms with Crippen LogP contribution in [0.15, 0.2) is 36.4 Å². The molecule has 0 spiro atoms. The number of carbonyl (C=O) groups is 1. The van der Waals surface area contributed by atoms with Gasteiger partial charge in [-0.1, -0.05) is 12.2 Å². The summed E-state index contributed by atoms with van der Waals surface area (Å²) in [5, 5.41) is 0. The lowest BCUT2D eigenvalue weighted by Gasteiger charge is -2.26. The molecule has 148 valence electrons. The first-order valence-electron chi connectivity index (χ1n) is 8.95. The lowest BCUT2D eigenvalue weighted by Crippen LogP contribution is -2.29. The van der Waals surface area contributed by atoms with Crippen molar-refractivity contribution in [3.05, 3.63) is 53.1 Å². The van der Waals surface area contributed by atoms with Crippen molar-refractivity contribution in [3.8, 4) is 17.2 Å². The van der Waals surface area contributed by atoms with Crippen LogP contribution in [0.4, 0.5) is 0 Å². The molecule has 3 rings (SSSR count). The summed E-state index contributed by atoms with van der Waals surface area (Å²) >= 11 is 4.94. The zero-order chi connectivity index (χ0) is 20.3. The average Bonchev–Trinajstić information content (AvgIpc) is 2.69. The molecule has 0 bridgehead atoms. The highest BCUT2D eigenvalue weighted by molar-refractivity contribution is 7.80. The first-order valence-corrected chi connectivity index (χ1v) is 9.36. The lowest BCUT2D eigenvalue weighted by molar-refractivity contribution is 0.0315. The van der Waals surface area contributed by atoms with Gasteiger partial charge in [-0.3, -0.25) is 4.79 Å². The van der Waals surface area contributed by atoms with Gasteiger partial charge < -0.3 is 24.7 Å². The second kappa shape index (κ2) is 8.58. The molecule has 0 fully saturated rings. The minimum atomic E-state index is -0.459. The van der Waals surface area contributed by atoms with Crippen LogP contribution in [0.25, 0.3) is 0 Å². The Morgan fingerprint density at radius 3 is 2.64 bits per heavy atom. The molecule has 28 heavy (non-hydrogen) atoms. The molecule has 0 radical (unpaired) electrons. The average molecular weight is 401 g/mol. The molecule has 2 unspecified atom stereocenters. The summed E-state index contributed by atoms with van der Waals surface area (Å²) < 4.78 is 22.8. The van der Waals surface area contributed by atoms with Gasteiger partial charge in [0.15, 0.2) is 17.3 Å². The number of fused-ring (bicyclic) bond motifs is 1. The number of nitrogens with two attached hydrogens (primary N) is 1. The maximum atomic E-state index is 12.4. The van der Waals surface area contributed by atoms with Gasteiger partial charge in [-0.15, -0.1) is 0 Å². The lowest BCUT2D eigenvalue weighted by atomic mass is 9.97. The van der Waals surface area contributed by atoms with E-state index in [1.807, 2.05) is 19.1 Å². The molecule has 0 aliphatic carbocycles. The van der Waals surface area contributed by atoms with Crippen LogP contribution in [0.2, 0.25) is 0 Å². The third kappa shape index (κ3) is 4.26. The highest BCUT2D eigenvalue weighted by Gasteiger charge is 2.29. The first-order chi connectivity index (χ1) is 13.4. The molecule has 0 saturated carbocycles. The van der Waals surface area contributed by atoms with Gasteiger partial charge in [-0.2, -0.15) is 0 Å². The Labute approximate surface area is 169 Å². The van der Waals surface area contributed by atoms with E-state index in [0.29, 0.717) is 46.6 Å². The Morgan fingerprint density at radius 1 is 1.29 bits per heavy atom. The Bertz CT molecular complexity index is 881. The maximum Gasteiger partial charge on any atom is 0.191 e. The van der Waals surface area contributed by atoms with E-state index in [1.165, 1.54) is 0 Å². The molecular weight excluding hydrogens is 378 g/mol. The minimum Gasteiger partial charge on any atom is -0.493 e. The standard InChI is InChI=1S/C21H23NO5S/c1-12(10-26-15-6-4-14(5-7-15)21(22)28)27-20-17-11-25-13(2)19(23)16(17)8-9-18(20)24-3/h4-9,12-13H,10-11H2,1-3H3,(H2,22,28). The van der Waals surface area contributed by atoms with E-state index in [9.17, 15) is 4.79 Å². The zero-order valence-corrected chi connectivity index (χ0v) is 16.9. The highest BCUT2D eigenvalue weighted by atomic mass is 32.1. The molecule has 0 saturated heterocycles. The summed E-state index contributed by atoms with van der Waals surface area (Å²) in [6.45, 7) is 4.23. The number of hydrogen-bond donors (Lipinski definition) is 1. The van der Waals surface area contributed by atoms with Crippen LogP contribution in [0.3, 0.4) is 0 Å². The minimum absolute atomic E-state index is 0.0597. The van der Waals surface area contributed by atoms with Crippen LogP contribution in [0.5, 0.6) is 17.2 Å². The van der Waals surface area contributed by atoms with Gasteiger partial charge in [0.2, 0.25) is 0 Å². The molecule has 2 aromatic rings. The predicted molar refractivity (Wildman–Crippen MR) is 109 cm³/mol. The molecule has 1 heterocycles. The third-order valence-electron chi connectivity index (χ3n) is 4.50. The van der Waals surface area contributed by atoms with Crippen LogP contribution in [0.1, 0.15) is 35.3 Å². The Kier molecular flexibility index (Phi) is 6.16. The number of ether oxygens (including phenoxy) is 4. The Morgan fingerprint density at radius 2 is 2.00 bits per heavy atom. The molecule has 2 atom stereocenters. The summed E-state index contributed by atoms with van der Waals surface area (Å²) in [5.41, 5.74) is 7.69. The van der Waals surface area contributed by atoms with E-state index >= 15 is 0 Å². The fraction of sp³-hybridized carbons (Fsp3) is 0.333. The van der Waals surface area contributed by atoms with Crippen molar-refractivity contribution in [2.24, 2.45) is 5.73 Å². The fourth-order valence-electron chi connectivity index (χ4n) is 2.94. The molecule has 6 nitrogen and oxygen atoms in total. The number of hydrogen-bond acceptors (Lipinski definition) is 6. The smallest absolute Gasteiger partial charge is 0.191 e. The van der Waals surface area contributed by atoms with E-state index in [2.05, 4.69) is 0 Å². The van der Waals surface area contributed by atoms with Crippen LogP contribution >= 0.6 is 12.2 Å². The van der Waals surface area contributed by atoms with Crippen molar-refractivity contribution in [2.45, 2.75) is 32.7 Å². The van der Waals surface area contributed by atoms with Gasteiger partial charge in [0, 0.05) is 16.7 Å². The van der Waals surface area contributed by atoms with Crippen molar-refractivity contribution in [1.82, 2.24) is 0 Å². The fourth-order valence-corrected chi connectivity index (χ4v) is 3.07. The summed E-state index contributed by atoms with van der Waals surface area (Å²) in [6, 6.07) is 10.7. The van der Waals surface area contributed by atoms with Crippen molar-refractivity contribution in [3.63, 3.8) is 0 Å². The number of methoxy groups -OCH3 is 1. The number of thiocarbonyl (C=S) groups is 1. The van der Waals surface area contributed by atoms with Crippen LogP contribution in [-0.2, 0) is 11.3 Å². The van der Waals surface area contributed by atoms with Crippen molar-refractivity contribution >= 4 is 23.0 Å². The largest absolute Gasteiger partial charge is 0.493 e. The summed E-state index contributed by atoms with van der Waals surface area (Å²) in [4.78, 5) is 12.7. The Hall–Kier alpha value is -2.64. The molecule has 2 N–H and O–H groups in total. The van der Waals surface area contributed by atoms with E-state index in [4.69, 9.17) is 36.9 Å². The van der Waals surface area contributed by atoms with Gasteiger partial charge in [0.1, 0.15) is 29.6 Å². The molecule has 1 aliphatic rings.